The summed E-state index contributed by atoms with van der Waals surface area (Å²) in [6, 6.07) is 0. The normalized spacial score (nSPS) is 11.1. The number of rotatable bonds is 1. The molecule has 0 fully saturated rings. The van der Waals surface area contributed by atoms with E-state index in [1.54, 1.807) is 6.92 Å². The lowest BCUT2D eigenvalue weighted by molar-refractivity contribution is -0.164. The third-order valence-corrected chi connectivity index (χ3v) is 0.775. The lowest BCUT2D eigenvalue weighted by atomic mass is 11.0. The van der Waals surface area contributed by atoms with Crippen LogP contribution in [0.15, 0.2) is 0 Å². The highest BCUT2D eigenvalue weighted by molar-refractivity contribution is 7.36. The van der Waals surface area contributed by atoms with Gasteiger partial charge in [-0.3, -0.25) is 0 Å². The topological polar surface area (TPSA) is 80.3 Å². The average Bonchev–Trinajstić information content (AvgIpc) is 1.65. The van der Waals surface area contributed by atoms with E-state index in [1.165, 1.54) is 0 Å². The van der Waals surface area contributed by atoms with E-state index in [1.807, 2.05) is 0 Å². The fourth-order valence-corrected chi connectivity index (χ4v) is 0. The highest BCUT2D eigenvalue weighted by Crippen LogP contribution is 2.01. The molecule has 0 aromatic heterocycles. The molecule has 0 aliphatic carbocycles. The molecule has 4 nitrogen and oxygen atoms in total. The van der Waals surface area contributed by atoms with Gasteiger partial charge in [-0.05, 0) is 6.92 Å². The molecule has 0 spiro atoms. The standard InChI is InChI=1S/C2H5O2P.CH3O2P/c1-2-5(3)4;1-4(2)3/h2H2,1H3;1H3. The smallest absolute Gasteiger partial charge is 0.308 e. The summed E-state index contributed by atoms with van der Waals surface area (Å²) in [5, 5.41) is 0. The zero-order valence-corrected chi connectivity index (χ0v) is 7.02. The number of hydrogen-bond acceptors (Lipinski definition) is 4. The maximum absolute atomic E-state index is 9.41. The van der Waals surface area contributed by atoms with Gasteiger partial charge >= 0.3 is 16.1 Å². The molecule has 0 heterocycles. The first-order valence-corrected chi connectivity index (χ1v) is 5.19. The van der Waals surface area contributed by atoms with Gasteiger partial charge in [0.2, 0.25) is 0 Å². The van der Waals surface area contributed by atoms with Gasteiger partial charge in [0.1, 0.15) is 12.8 Å². The van der Waals surface area contributed by atoms with Crippen LogP contribution in [-0.2, 0) is 9.13 Å². The van der Waals surface area contributed by atoms with Gasteiger partial charge in [0, 0.05) is 0 Å². The maximum Gasteiger partial charge on any atom is 0.308 e. The third kappa shape index (κ3) is 67.7. The monoisotopic (exact) mass is 170 g/mol. The molecule has 0 radical (unpaired) electrons. The van der Waals surface area contributed by atoms with Gasteiger partial charge in [-0.15, -0.1) is 0 Å². The van der Waals surface area contributed by atoms with Crippen LogP contribution in [0.25, 0.3) is 0 Å². The largest absolute Gasteiger partial charge is 0.596 e. The summed E-state index contributed by atoms with van der Waals surface area (Å²) in [6.07, 6.45) is 0.259. The summed E-state index contributed by atoms with van der Waals surface area (Å²) in [5.74, 6) is 0. The summed E-state index contributed by atoms with van der Waals surface area (Å²) < 4.78 is 18.4. The highest BCUT2D eigenvalue weighted by Gasteiger charge is 1.84. The Bertz CT molecular complexity index is 98.0. The van der Waals surface area contributed by atoms with Crippen LogP contribution in [0.2, 0.25) is 0 Å². The third-order valence-electron chi connectivity index (χ3n) is 0.258. The Labute approximate surface area is 55.6 Å². The van der Waals surface area contributed by atoms with Crippen LogP contribution in [-0.4, -0.2) is 12.8 Å². The van der Waals surface area contributed by atoms with Gasteiger partial charge in [-0.25, -0.2) is 0 Å². The van der Waals surface area contributed by atoms with E-state index in [4.69, 9.17) is 9.46 Å². The predicted molar refractivity (Wildman–Crippen MR) is 31.7 cm³/mol. The molecule has 0 bridgehead atoms. The van der Waals surface area contributed by atoms with Crippen LogP contribution in [0.5, 0.6) is 0 Å². The van der Waals surface area contributed by atoms with Gasteiger partial charge in [0.15, 0.2) is 0 Å². The minimum atomic E-state index is -2.12. The Morgan fingerprint density at radius 3 is 1.44 bits per heavy atom. The van der Waals surface area contributed by atoms with Crippen molar-refractivity contribution in [3.63, 3.8) is 0 Å². The van der Waals surface area contributed by atoms with Crippen molar-refractivity contribution >= 4 is 16.1 Å². The van der Waals surface area contributed by atoms with Crippen LogP contribution < -0.4 is 9.79 Å². The molecule has 0 aromatic rings. The van der Waals surface area contributed by atoms with Crippen molar-refractivity contribution in [3.8, 4) is 0 Å². The zero-order valence-electron chi connectivity index (χ0n) is 5.23. The molecule has 0 saturated carbocycles. The molecule has 2 atom stereocenters. The van der Waals surface area contributed by atoms with Crippen molar-refractivity contribution in [2.75, 3.05) is 12.8 Å². The first-order valence-electron chi connectivity index (χ1n) is 2.20. The quantitative estimate of drug-likeness (QED) is 0.511. The molecular formula is C3H8O4P2. The Balaban J connectivity index is 0. The highest BCUT2D eigenvalue weighted by atomic mass is 31.1. The molecule has 0 amide bonds. The SMILES string of the molecule is CC[P+](=O)[O-].C[P+](=O)[O-]. The van der Waals surface area contributed by atoms with E-state index >= 15 is 0 Å². The van der Waals surface area contributed by atoms with Crippen LogP contribution in [0.4, 0.5) is 0 Å². The molecule has 0 saturated heterocycles. The van der Waals surface area contributed by atoms with Gasteiger partial charge in [-0.2, -0.15) is 0 Å². The first kappa shape index (κ1) is 11.9. The zero-order chi connectivity index (χ0) is 7.86. The second-order valence-corrected chi connectivity index (χ2v) is 3.27. The van der Waals surface area contributed by atoms with E-state index in [0.29, 0.717) is 0 Å². The van der Waals surface area contributed by atoms with E-state index < -0.39 is 16.1 Å². The average molecular weight is 170 g/mol. The molecule has 0 aliphatic heterocycles. The number of hydrogen-bond donors (Lipinski definition) is 0. The van der Waals surface area contributed by atoms with Gasteiger partial charge in [0.05, 0.1) is 0 Å². The summed E-state index contributed by atoms with van der Waals surface area (Å²) >= 11 is 0. The molecule has 6 heteroatoms. The van der Waals surface area contributed by atoms with E-state index in [-0.39, 0.29) is 6.16 Å². The summed E-state index contributed by atoms with van der Waals surface area (Å²) in [4.78, 5) is 18.4. The molecule has 0 rings (SSSR count). The van der Waals surface area contributed by atoms with Crippen molar-refractivity contribution < 1.29 is 18.9 Å². The van der Waals surface area contributed by atoms with E-state index in [2.05, 4.69) is 0 Å². The van der Waals surface area contributed by atoms with Crippen LogP contribution >= 0.6 is 16.1 Å². The predicted octanol–water partition coefficient (Wildman–Crippen LogP) is -0.172. The Morgan fingerprint density at radius 2 is 1.44 bits per heavy atom. The van der Waals surface area contributed by atoms with Crippen molar-refractivity contribution in [1.82, 2.24) is 0 Å². The molecule has 2 unspecified atom stereocenters. The first-order chi connectivity index (χ1) is 4.00. The van der Waals surface area contributed by atoms with E-state index in [9.17, 15) is 9.46 Å². The Kier molecular flexibility index (Phi) is 10.7. The molecular weight excluding hydrogens is 162 g/mol. The van der Waals surface area contributed by atoms with Crippen molar-refractivity contribution in [3.05, 3.63) is 0 Å². The minimum absolute atomic E-state index is 0.259. The van der Waals surface area contributed by atoms with Crippen molar-refractivity contribution in [2.24, 2.45) is 0 Å². The van der Waals surface area contributed by atoms with E-state index in [0.717, 1.165) is 6.66 Å². The van der Waals surface area contributed by atoms with Crippen molar-refractivity contribution in [2.45, 2.75) is 6.92 Å². The lowest BCUT2D eigenvalue weighted by Crippen LogP contribution is -1.84. The Morgan fingerprint density at radius 1 is 1.33 bits per heavy atom. The second-order valence-electron chi connectivity index (χ2n) is 1.09. The lowest BCUT2D eigenvalue weighted by Gasteiger charge is -1.70. The summed E-state index contributed by atoms with van der Waals surface area (Å²) in [6.45, 7) is 2.72. The van der Waals surface area contributed by atoms with Crippen LogP contribution in [0.3, 0.4) is 0 Å². The fraction of sp³-hybridized carbons (Fsp3) is 1.00. The van der Waals surface area contributed by atoms with Gasteiger partial charge in [-0.1, -0.05) is 9.13 Å². The fourth-order valence-electron chi connectivity index (χ4n) is 0. The van der Waals surface area contributed by atoms with Gasteiger partial charge < -0.3 is 9.79 Å². The summed E-state index contributed by atoms with van der Waals surface area (Å²) in [5.41, 5.74) is 0. The second kappa shape index (κ2) is 8.12. The minimum Gasteiger partial charge on any atom is -0.596 e. The van der Waals surface area contributed by atoms with Crippen LogP contribution in [0.1, 0.15) is 6.92 Å². The molecule has 0 aromatic carbocycles. The maximum atomic E-state index is 9.41. The Hall–Kier alpha value is 0.120. The molecule has 0 N–H and O–H groups in total. The van der Waals surface area contributed by atoms with Crippen molar-refractivity contribution in [1.29, 1.82) is 0 Å². The molecule has 54 valence electrons. The van der Waals surface area contributed by atoms with Crippen LogP contribution in [0, 0.1) is 0 Å². The summed E-state index contributed by atoms with van der Waals surface area (Å²) in [7, 11) is -4.22. The molecule has 9 heavy (non-hydrogen) atoms. The molecule has 0 aliphatic rings. The van der Waals surface area contributed by atoms with Gasteiger partial charge in [0.25, 0.3) is 0 Å².